The van der Waals surface area contributed by atoms with Gasteiger partial charge in [-0.25, -0.2) is 4.98 Å². The molecule has 30 heavy (non-hydrogen) atoms. The van der Waals surface area contributed by atoms with Crippen LogP contribution >= 0.6 is 0 Å². The van der Waals surface area contributed by atoms with Crippen LogP contribution in [0.4, 0.5) is 5.69 Å². The molecule has 3 heterocycles. The third kappa shape index (κ3) is 2.96. The number of anilines is 1. The van der Waals surface area contributed by atoms with Crippen LogP contribution in [0, 0.1) is 6.92 Å². The minimum absolute atomic E-state index is 0.143. The fraction of sp³-hybridized carbons (Fsp3) is 0.273. The Morgan fingerprint density at radius 2 is 2.07 bits per heavy atom. The van der Waals surface area contributed by atoms with E-state index >= 15 is 0 Å². The number of carbonyl (C=O) groups excluding carboxylic acids is 1. The monoisotopic (exact) mass is 402 g/mol. The number of hydrogen-bond donors (Lipinski definition) is 1. The molecule has 8 heteroatoms. The van der Waals surface area contributed by atoms with E-state index in [2.05, 4.69) is 25.3 Å². The number of rotatable bonds is 5. The number of nitrogens with one attached hydrogen (secondary N) is 1. The molecule has 4 aromatic rings. The van der Waals surface area contributed by atoms with Crippen molar-refractivity contribution in [2.75, 3.05) is 19.4 Å². The molecule has 1 aromatic carbocycles. The number of aromatic nitrogens is 4. The van der Waals surface area contributed by atoms with Gasteiger partial charge in [0.2, 0.25) is 11.7 Å². The van der Waals surface area contributed by atoms with E-state index in [0.717, 1.165) is 29.6 Å². The highest BCUT2D eigenvalue weighted by atomic mass is 16.5. The van der Waals surface area contributed by atoms with Crippen molar-refractivity contribution in [1.29, 1.82) is 0 Å². The summed E-state index contributed by atoms with van der Waals surface area (Å²) in [5, 5.41) is 7.16. The summed E-state index contributed by atoms with van der Waals surface area (Å²) in [5.41, 5.74) is 3.48. The molecule has 1 aliphatic rings. The molecule has 8 nitrogen and oxygen atoms in total. The van der Waals surface area contributed by atoms with Gasteiger partial charge in [-0.15, -0.1) is 0 Å². The molecule has 1 N–H and O–H groups in total. The van der Waals surface area contributed by atoms with E-state index in [1.807, 2.05) is 63.6 Å². The van der Waals surface area contributed by atoms with Gasteiger partial charge >= 0.3 is 0 Å². The Morgan fingerprint density at radius 1 is 1.23 bits per heavy atom. The lowest BCUT2D eigenvalue weighted by Crippen LogP contribution is -2.27. The number of aryl methyl sites for hydroxylation is 1. The minimum Gasteiger partial charge on any atom is -0.337 e. The van der Waals surface area contributed by atoms with Crippen LogP contribution in [0.2, 0.25) is 0 Å². The predicted molar refractivity (Wildman–Crippen MR) is 112 cm³/mol. The highest BCUT2D eigenvalue weighted by Gasteiger charge is 2.51. The second-order valence-corrected chi connectivity index (χ2v) is 7.91. The normalized spacial score (nSPS) is 14.9. The van der Waals surface area contributed by atoms with Gasteiger partial charge in [-0.3, -0.25) is 14.1 Å². The zero-order valence-corrected chi connectivity index (χ0v) is 17.1. The first kappa shape index (κ1) is 18.5. The summed E-state index contributed by atoms with van der Waals surface area (Å²) in [4.78, 5) is 23.9. The van der Waals surface area contributed by atoms with Crippen LogP contribution in [0.15, 0.2) is 53.3 Å². The van der Waals surface area contributed by atoms with Gasteiger partial charge in [0.15, 0.2) is 0 Å². The Morgan fingerprint density at radius 3 is 2.83 bits per heavy atom. The zero-order valence-electron chi connectivity index (χ0n) is 17.1. The molecule has 0 bridgehead atoms. The van der Waals surface area contributed by atoms with Gasteiger partial charge < -0.3 is 9.84 Å². The Hall–Kier alpha value is -3.52. The smallest absolute Gasteiger partial charge is 0.274 e. The molecule has 5 rings (SSSR count). The van der Waals surface area contributed by atoms with Crippen LogP contribution in [0.25, 0.3) is 17.0 Å². The number of pyridine rings is 1. The van der Waals surface area contributed by atoms with E-state index in [1.165, 1.54) is 0 Å². The third-order valence-electron chi connectivity index (χ3n) is 5.80. The maximum absolute atomic E-state index is 12.9. The first-order valence-corrected chi connectivity index (χ1v) is 9.84. The van der Waals surface area contributed by atoms with E-state index in [0.29, 0.717) is 23.1 Å². The van der Waals surface area contributed by atoms with Crippen LogP contribution in [0.5, 0.6) is 0 Å². The summed E-state index contributed by atoms with van der Waals surface area (Å²) in [6.45, 7) is 1.95. The molecule has 0 radical (unpaired) electrons. The summed E-state index contributed by atoms with van der Waals surface area (Å²) < 4.78 is 7.32. The lowest BCUT2D eigenvalue weighted by molar-refractivity contribution is 0.102. The lowest BCUT2D eigenvalue weighted by atomic mass is 10.1. The molecule has 1 aliphatic carbocycles. The van der Waals surface area contributed by atoms with Crippen LogP contribution in [0.1, 0.15) is 34.8 Å². The Labute approximate surface area is 173 Å². The molecule has 0 spiro atoms. The molecule has 1 fully saturated rings. The third-order valence-corrected chi connectivity index (χ3v) is 5.80. The van der Waals surface area contributed by atoms with E-state index in [-0.39, 0.29) is 11.4 Å². The molecule has 0 aliphatic heterocycles. The average molecular weight is 402 g/mol. The second-order valence-electron chi connectivity index (χ2n) is 7.91. The zero-order chi connectivity index (χ0) is 20.9. The van der Waals surface area contributed by atoms with Gasteiger partial charge in [-0.2, -0.15) is 4.98 Å². The molecule has 0 unspecified atom stereocenters. The van der Waals surface area contributed by atoms with E-state index in [9.17, 15) is 4.79 Å². The van der Waals surface area contributed by atoms with Crippen LogP contribution in [-0.2, 0) is 5.54 Å². The van der Waals surface area contributed by atoms with Crippen molar-refractivity contribution in [3.63, 3.8) is 0 Å². The number of hydrogen-bond acceptors (Lipinski definition) is 6. The average Bonchev–Trinajstić information content (AvgIpc) is 3.21. The maximum Gasteiger partial charge on any atom is 0.274 e. The van der Waals surface area contributed by atoms with Crippen molar-refractivity contribution in [2.45, 2.75) is 25.3 Å². The van der Waals surface area contributed by atoms with E-state index in [1.54, 1.807) is 10.6 Å². The van der Waals surface area contributed by atoms with Gasteiger partial charge in [-0.1, -0.05) is 23.4 Å². The second kappa shape index (κ2) is 6.77. The van der Waals surface area contributed by atoms with Gasteiger partial charge in [0.05, 0.1) is 6.20 Å². The number of nitrogens with zero attached hydrogens (tertiary/aromatic N) is 5. The summed E-state index contributed by atoms with van der Waals surface area (Å²) in [7, 11) is 4.05. The molecule has 0 saturated heterocycles. The summed E-state index contributed by atoms with van der Waals surface area (Å²) in [6.07, 6.45) is 5.41. The predicted octanol–water partition coefficient (Wildman–Crippen LogP) is 3.50. The SMILES string of the molecule is Cc1ccc(-c2noc(C3(N(C)C)CC3)n2)cc1NC(=O)c1cnc2ccccn12. The number of amides is 1. The van der Waals surface area contributed by atoms with Crippen molar-refractivity contribution < 1.29 is 9.32 Å². The molecule has 152 valence electrons. The Kier molecular flexibility index (Phi) is 4.18. The van der Waals surface area contributed by atoms with Crippen molar-refractivity contribution >= 4 is 17.2 Å². The van der Waals surface area contributed by atoms with Gasteiger partial charge in [-0.05, 0) is 57.6 Å². The first-order chi connectivity index (χ1) is 14.5. The first-order valence-electron chi connectivity index (χ1n) is 9.84. The lowest BCUT2D eigenvalue weighted by Gasteiger charge is -2.18. The summed E-state index contributed by atoms with van der Waals surface area (Å²) >= 11 is 0. The fourth-order valence-corrected chi connectivity index (χ4v) is 3.68. The van der Waals surface area contributed by atoms with Crippen molar-refractivity contribution in [1.82, 2.24) is 24.4 Å². The molecular formula is C22H22N6O2. The molecule has 0 atom stereocenters. The molecule has 3 aromatic heterocycles. The topological polar surface area (TPSA) is 88.6 Å². The number of carbonyl (C=O) groups is 1. The number of benzene rings is 1. The quantitative estimate of drug-likeness (QED) is 0.550. The maximum atomic E-state index is 12.9. The van der Waals surface area contributed by atoms with E-state index in [4.69, 9.17) is 4.52 Å². The summed E-state index contributed by atoms with van der Waals surface area (Å²) in [6, 6.07) is 11.4. The van der Waals surface area contributed by atoms with Crippen LogP contribution in [0.3, 0.4) is 0 Å². The fourth-order valence-electron chi connectivity index (χ4n) is 3.68. The minimum atomic E-state index is -0.229. The molecular weight excluding hydrogens is 380 g/mol. The van der Waals surface area contributed by atoms with Crippen LogP contribution < -0.4 is 5.32 Å². The standard InChI is InChI=1S/C22H22N6O2/c1-14-7-8-15(19-25-21(30-26-19)22(9-10-22)27(2)3)12-16(14)24-20(29)17-13-23-18-6-4-5-11-28(17)18/h4-8,11-13H,9-10H2,1-3H3,(H,24,29). The summed E-state index contributed by atoms with van der Waals surface area (Å²) in [5.74, 6) is 0.926. The molecule has 1 amide bonds. The van der Waals surface area contributed by atoms with E-state index < -0.39 is 0 Å². The van der Waals surface area contributed by atoms with Crippen molar-refractivity contribution in [3.8, 4) is 11.4 Å². The van der Waals surface area contributed by atoms with Crippen LogP contribution in [-0.4, -0.2) is 44.4 Å². The highest BCUT2D eigenvalue weighted by Crippen LogP contribution is 2.49. The van der Waals surface area contributed by atoms with Crippen molar-refractivity contribution in [2.24, 2.45) is 0 Å². The highest BCUT2D eigenvalue weighted by molar-refractivity contribution is 6.04. The Balaban J connectivity index is 1.43. The van der Waals surface area contributed by atoms with Gasteiger partial charge in [0.1, 0.15) is 16.9 Å². The molecule has 1 saturated carbocycles. The van der Waals surface area contributed by atoms with Gasteiger partial charge in [0.25, 0.3) is 5.91 Å². The largest absolute Gasteiger partial charge is 0.337 e. The number of imidazole rings is 1. The Bertz CT molecular complexity index is 1250. The number of fused-ring (bicyclic) bond motifs is 1. The van der Waals surface area contributed by atoms with Crippen molar-refractivity contribution in [3.05, 3.63) is 65.9 Å². The van der Waals surface area contributed by atoms with Gasteiger partial charge in [0, 0.05) is 17.4 Å².